The molecule has 1 aromatic carbocycles. The molecule has 2 rings (SSSR count). The standard InChI is InChI=1S/C7H6O3.C5H9NO2/c8-6-4-2-1-3-5(6)7(9)10;7-5(8)4-2-1-3-6-4/h1-4,8H,(H,9,10);4,6H,1-3H2,(H,7,8)/t;4-/m.0/s1. The number of hydrogen-bond donors (Lipinski definition) is 4. The zero-order valence-electron chi connectivity index (χ0n) is 9.67. The van der Waals surface area contributed by atoms with Gasteiger partial charge in [0.2, 0.25) is 0 Å². The smallest absolute Gasteiger partial charge is 0.339 e. The Morgan fingerprint density at radius 2 is 1.89 bits per heavy atom. The van der Waals surface area contributed by atoms with Crippen molar-refractivity contribution in [3.63, 3.8) is 0 Å². The fraction of sp³-hybridized carbons (Fsp3) is 0.333. The molecule has 1 aliphatic heterocycles. The number of carboxylic acid groups (broad SMARTS) is 2. The highest BCUT2D eigenvalue weighted by molar-refractivity contribution is 5.90. The number of carboxylic acids is 2. The molecule has 0 saturated carbocycles. The van der Waals surface area contributed by atoms with Gasteiger partial charge in [-0.1, -0.05) is 12.1 Å². The molecule has 1 aromatic rings. The van der Waals surface area contributed by atoms with E-state index >= 15 is 0 Å². The van der Waals surface area contributed by atoms with Gasteiger partial charge in [-0.2, -0.15) is 0 Å². The van der Waals surface area contributed by atoms with Gasteiger partial charge < -0.3 is 20.6 Å². The molecular formula is C12H15NO5. The van der Waals surface area contributed by atoms with Crippen LogP contribution < -0.4 is 5.32 Å². The molecule has 0 aliphatic carbocycles. The second-order valence-corrected chi connectivity index (χ2v) is 3.81. The Bertz CT molecular complexity index is 426. The largest absolute Gasteiger partial charge is 0.507 e. The molecule has 0 spiro atoms. The van der Waals surface area contributed by atoms with Crippen LogP contribution in [0, 0.1) is 0 Å². The fourth-order valence-electron chi connectivity index (χ4n) is 1.55. The number of nitrogens with one attached hydrogen (secondary N) is 1. The molecule has 1 aliphatic rings. The van der Waals surface area contributed by atoms with Crippen LogP contribution in [0.4, 0.5) is 0 Å². The van der Waals surface area contributed by atoms with Gasteiger partial charge in [-0.15, -0.1) is 0 Å². The maximum Gasteiger partial charge on any atom is 0.339 e. The van der Waals surface area contributed by atoms with Crippen molar-refractivity contribution in [2.45, 2.75) is 18.9 Å². The van der Waals surface area contributed by atoms with Gasteiger partial charge in [0.25, 0.3) is 0 Å². The summed E-state index contributed by atoms with van der Waals surface area (Å²) in [5.74, 6) is -2.03. The summed E-state index contributed by atoms with van der Waals surface area (Å²) in [5, 5.41) is 28.5. The summed E-state index contributed by atoms with van der Waals surface area (Å²) in [6, 6.07) is 5.54. The minimum Gasteiger partial charge on any atom is -0.507 e. The molecule has 0 radical (unpaired) electrons. The van der Waals surface area contributed by atoms with Crippen molar-refractivity contribution >= 4 is 11.9 Å². The molecule has 1 heterocycles. The third-order valence-electron chi connectivity index (χ3n) is 2.49. The summed E-state index contributed by atoms with van der Waals surface area (Å²) in [7, 11) is 0. The molecule has 6 heteroatoms. The van der Waals surface area contributed by atoms with Crippen LogP contribution in [0.3, 0.4) is 0 Å². The number of aromatic carboxylic acids is 1. The molecule has 1 atom stereocenters. The van der Waals surface area contributed by atoms with Crippen LogP contribution in [0.5, 0.6) is 5.75 Å². The van der Waals surface area contributed by atoms with Crippen molar-refractivity contribution in [2.24, 2.45) is 0 Å². The van der Waals surface area contributed by atoms with Crippen molar-refractivity contribution in [3.8, 4) is 5.75 Å². The van der Waals surface area contributed by atoms with Crippen LogP contribution in [0.15, 0.2) is 24.3 Å². The lowest BCUT2D eigenvalue weighted by Crippen LogP contribution is -2.29. The van der Waals surface area contributed by atoms with E-state index in [1.807, 2.05) is 0 Å². The molecule has 0 bridgehead atoms. The number of hydrogen-bond acceptors (Lipinski definition) is 4. The van der Waals surface area contributed by atoms with Gasteiger partial charge in [-0.05, 0) is 31.5 Å². The molecule has 98 valence electrons. The molecule has 0 amide bonds. The highest BCUT2D eigenvalue weighted by Gasteiger charge is 2.20. The van der Waals surface area contributed by atoms with E-state index in [4.69, 9.17) is 15.3 Å². The number of phenols is 1. The van der Waals surface area contributed by atoms with Gasteiger partial charge >= 0.3 is 11.9 Å². The lowest BCUT2D eigenvalue weighted by molar-refractivity contribution is -0.139. The van der Waals surface area contributed by atoms with Gasteiger partial charge in [-0.25, -0.2) is 4.79 Å². The Morgan fingerprint density at radius 3 is 2.22 bits per heavy atom. The molecule has 18 heavy (non-hydrogen) atoms. The van der Waals surface area contributed by atoms with Crippen molar-refractivity contribution in [2.75, 3.05) is 6.54 Å². The van der Waals surface area contributed by atoms with Crippen LogP contribution >= 0.6 is 0 Å². The summed E-state index contributed by atoms with van der Waals surface area (Å²) < 4.78 is 0. The molecule has 1 saturated heterocycles. The average molecular weight is 253 g/mol. The third kappa shape index (κ3) is 4.06. The summed E-state index contributed by atoms with van der Waals surface area (Å²) >= 11 is 0. The van der Waals surface area contributed by atoms with Crippen LogP contribution in [-0.4, -0.2) is 39.8 Å². The Labute approximate surface area is 104 Å². The van der Waals surface area contributed by atoms with E-state index in [0.717, 1.165) is 19.4 Å². The molecule has 0 unspecified atom stereocenters. The monoisotopic (exact) mass is 253 g/mol. The van der Waals surface area contributed by atoms with E-state index in [1.54, 1.807) is 12.1 Å². The van der Waals surface area contributed by atoms with Crippen LogP contribution in [0.25, 0.3) is 0 Å². The first-order valence-corrected chi connectivity index (χ1v) is 5.50. The molecule has 0 aromatic heterocycles. The summed E-state index contributed by atoms with van der Waals surface area (Å²) in [6.45, 7) is 0.858. The lowest BCUT2D eigenvalue weighted by atomic mass is 10.2. The van der Waals surface area contributed by atoms with Crippen LogP contribution in [0.1, 0.15) is 23.2 Å². The van der Waals surface area contributed by atoms with Crippen molar-refractivity contribution in [1.82, 2.24) is 5.32 Å². The van der Waals surface area contributed by atoms with E-state index in [9.17, 15) is 9.59 Å². The normalized spacial score (nSPS) is 17.7. The number of aliphatic carboxylic acids is 1. The molecule has 4 N–H and O–H groups in total. The Morgan fingerprint density at radius 1 is 1.22 bits per heavy atom. The quantitative estimate of drug-likeness (QED) is 0.624. The van der Waals surface area contributed by atoms with Gasteiger partial charge in [0.05, 0.1) is 0 Å². The first-order valence-electron chi connectivity index (χ1n) is 5.50. The van der Waals surface area contributed by atoms with Crippen molar-refractivity contribution in [1.29, 1.82) is 0 Å². The van der Waals surface area contributed by atoms with Crippen molar-refractivity contribution in [3.05, 3.63) is 29.8 Å². The number of rotatable bonds is 2. The average Bonchev–Trinajstić information content (AvgIpc) is 2.83. The second-order valence-electron chi connectivity index (χ2n) is 3.81. The number of benzene rings is 1. The molecular weight excluding hydrogens is 238 g/mol. The Hall–Kier alpha value is -2.08. The van der Waals surface area contributed by atoms with Crippen molar-refractivity contribution < 1.29 is 24.9 Å². The first kappa shape index (κ1) is 14.0. The maximum absolute atomic E-state index is 10.3. The molecule has 6 nitrogen and oxygen atoms in total. The lowest BCUT2D eigenvalue weighted by Gasteiger charge is -1.99. The topological polar surface area (TPSA) is 107 Å². The second kappa shape index (κ2) is 6.61. The van der Waals surface area contributed by atoms with E-state index < -0.39 is 11.9 Å². The predicted molar refractivity (Wildman–Crippen MR) is 63.7 cm³/mol. The van der Waals surface area contributed by atoms with Crippen LogP contribution in [-0.2, 0) is 4.79 Å². The van der Waals surface area contributed by atoms with E-state index in [1.165, 1.54) is 12.1 Å². The minimum atomic E-state index is -1.11. The SMILES string of the molecule is O=C(O)[C@@H]1CCCN1.O=C(O)c1ccccc1O. The van der Waals surface area contributed by atoms with E-state index in [-0.39, 0.29) is 17.4 Å². The fourth-order valence-corrected chi connectivity index (χ4v) is 1.55. The highest BCUT2D eigenvalue weighted by atomic mass is 16.4. The predicted octanol–water partition coefficient (Wildman–Crippen LogP) is 0.913. The summed E-state index contributed by atoms with van der Waals surface area (Å²) in [5.41, 5.74) is -0.0671. The van der Waals surface area contributed by atoms with E-state index in [0.29, 0.717) is 0 Å². The Balaban J connectivity index is 0.000000184. The van der Waals surface area contributed by atoms with Gasteiger partial charge in [-0.3, -0.25) is 4.79 Å². The van der Waals surface area contributed by atoms with Gasteiger partial charge in [0, 0.05) is 0 Å². The number of aromatic hydroxyl groups is 1. The number of carbonyl (C=O) groups is 2. The summed E-state index contributed by atoms with van der Waals surface area (Å²) in [6.07, 6.45) is 1.78. The Kier molecular flexibility index (Phi) is 5.13. The maximum atomic E-state index is 10.3. The minimum absolute atomic E-state index is 0.0671. The highest BCUT2D eigenvalue weighted by Crippen LogP contribution is 2.14. The van der Waals surface area contributed by atoms with Gasteiger partial charge in [0.15, 0.2) is 0 Å². The first-order chi connectivity index (χ1) is 8.52. The van der Waals surface area contributed by atoms with E-state index in [2.05, 4.69) is 5.32 Å². The summed E-state index contributed by atoms with van der Waals surface area (Å²) in [4.78, 5) is 20.4. The molecule has 1 fully saturated rings. The third-order valence-corrected chi connectivity index (χ3v) is 2.49. The van der Waals surface area contributed by atoms with Crippen LogP contribution in [0.2, 0.25) is 0 Å². The zero-order valence-corrected chi connectivity index (χ0v) is 9.67. The van der Waals surface area contributed by atoms with Gasteiger partial charge in [0.1, 0.15) is 17.4 Å². The zero-order chi connectivity index (χ0) is 13.5. The number of para-hydroxylation sites is 1.